The SMILES string of the molecule is CC(C)c1noc(C2(CN)CCCCCC2)n1. The highest BCUT2D eigenvalue weighted by Crippen LogP contribution is 2.36. The molecule has 0 aromatic carbocycles. The Kier molecular flexibility index (Phi) is 3.82. The van der Waals surface area contributed by atoms with Crippen molar-refractivity contribution in [2.45, 2.75) is 63.7 Å². The first kappa shape index (κ1) is 12.6. The van der Waals surface area contributed by atoms with Crippen molar-refractivity contribution in [2.75, 3.05) is 6.54 Å². The lowest BCUT2D eigenvalue weighted by Gasteiger charge is -2.26. The molecule has 0 saturated heterocycles. The molecule has 0 atom stereocenters. The molecule has 0 amide bonds. The van der Waals surface area contributed by atoms with Crippen LogP contribution in [0.4, 0.5) is 0 Å². The highest BCUT2D eigenvalue weighted by Gasteiger charge is 2.37. The lowest BCUT2D eigenvalue weighted by molar-refractivity contribution is 0.256. The second-order valence-electron chi connectivity index (χ2n) is 5.51. The summed E-state index contributed by atoms with van der Waals surface area (Å²) in [6, 6.07) is 0. The van der Waals surface area contributed by atoms with E-state index in [4.69, 9.17) is 10.3 Å². The molecule has 0 aliphatic heterocycles. The zero-order valence-corrected chi connectivity index (χ0v) is 10.9. The monoisotopic (exact) mass is 237 g/mol. The molecule has 0 spiro atoms. The van der Waals surface area contributed by atoms with Crippen molar-refractivity contribution in [1.82, 2.24) is 10.1 Å². The van der Waals surface area contributed by atoms with Crippen LogP contribution >= 0.6 is 0 Å². The third kappa shape index (κ3) is 2.51. The van der Waals surface area contributed by atoms with Gasteiger partial charge in [0.25, 0.3) is 0 Å². The van der Waals surface area contributed by atoms with Crippen molar-refractivity contribution in [2.24, 2.45) is 5.73 Å². The number of nitrogens with zero attached hydrogens (tertiary/aromatic N) is 2. The van der Waals surface area contributed by atoms with Gasteiger partial charge in [0.15, 0.2) is 5.82 Å². The van der Waals surface area contributed by atoms with Gasteiger partial charge >= 0.3 is 0 Å². The molecule has 2 rings (SSSR count). The van der Waals surface area contributed by atoms with Crippen LogP contribution in [0.5, 0.6) is 0 Å². The Morgan fingerprint density at radius 3 is 2.35 bits per heavy atom. The normalized spacial score (nSPS) is 20.5. The smallest absolute Gasteiger partial charge is 0.234 e. The summed E-state index contributed by atoms with van der Waals surface area (Å²) < 4.78 is 5.47. The molecule has 2 N–H and O–H groups in total. The zero-order chi connectivity index (χ0) is 12.3. The molecule has 0 bridgehead atoms. The van der Waals surface area contributed by atoms with E-state index in [-0.39, 0.29) is 5.41 Å². The zero-order valence-electron chi connectivity index (χ0n) is 10.9. The van der Waals surface area contributed by atoms with Gasteiger partial charge in [0.1, 0.15) is 0 Å². The summed E-state index contributed by atoms with van der Waals surface area (Å²) in [6.07, 6.45) is 7.21. The molecule has 1 fully saturated rings. The second kappa shape index (κ2) is 5.17. The Hall–Kier alpha value is -0.900. The van der Waals surface area contributed by atoms with Gasteiger partial charge in [-0.2, -0.15) is 4.98 Å². The third-order valence-corrected chi connectivity index (χ3v) is 3.86. The number of aromatic nitrogens is 2. The number of hydrogen-bond donors (Lipinski definition) is 1. The molecule has 1 aromatic rings. The van der Waals surface area contributed by atoms with Crippen LogP contribution in [-0.4, -0.2) is 16.7 Å². The molecule has 4 nitrogen and oxygen atoms in total. The molecule has 1 heterocycles. The lowest BCUT2D eigenvalue weighted by atomic mass is 9.80. The quantitative estimate of drug-likeness (QED) is 0.821. The average Bonchev–Trinajstić information content (AvgIpc) is 2.70. The third-order valence-electron chi connectivity index (χ3n) is 3.86. The molecular weight excluding hydrogens is 214 g/mol. The van der Waals surface area contributed by atoms with Gasteiger partial charge in [0, 0.05) is 12.5 Å². The molecule has 0 radical (unpaired) electrons. The molecule has 1 aromatic heterocycles. The number of nitrogens with two attached hydrogens (primary N) is 1. The molecule has 1 aliphatic carbocycles. The highest BCUT2D eigenvalue weighted by molar-refractivity contribution is 5.08. The van der Waals surface area contributed by atoms with Crippen LogP contribution in [0.25, 0.3) is 0 Å². The van der Waals surface area contributed by atoms with Gasteiger partial charge in [-0.05, 0) is 12.8 Å². The van der Waals surface area contributed by atoms with Crippen molar-refractivity contribution >= 4 is 0 Å². The van der Waals surface area contributed by atoms with Gasteiger partial charge in [-0.15, -0.1) is 0 Å². The van der Waals surface area contributed by atoms with Crippen LogP contribution in [-0.2, 0) is 5.41 Å². The van der Waals surface area contributed by atoms with Crippen molar-refractivity contribution in [3.05, 3.63) is 11.7 Å². The Morgan fingerprint density at radius 1 is 1.24 bits per heavy atom. The summed E-state index contributed by atoms with van der Waals surface area (Å²) >= 11 is 0. The molecule has 17 heavy (non-hydrogen) atoms. The van der Waals surface area contributed by atoms with Crippen molar-refractivity contribution in [1.29, 1.82) is 0 Å². The van der Waals surface area contributed by atoms with Crippen LogP contribution < -0.4 is 5.73 Å². The summed E-state index contributed by atoms with van der Waals surface area (Å²) in [5.41, 5.74) is 5.94. The molecule has 1 saturated carbocycles. The van der Waals surface area contributed by atoms with E-state index in [1.165, 1.54) is 25.7 Å². The highest BCUT2D eigenvalue weighted by atomic mass is 16.5. The van der Waals surface area contributed by atoms with Crippen LogP contribution in [0.2, 0.25) is 0 Å². The minimum atomic E-state index is -0.0589. The van der Waals surface area contributed by atoms with Crippen molar-refractivity contribution in [3.8, 4) is 0 Å². The number of hydrogen-bond acceptors (Lipinski definition) is 4. The maximum Gasteiger partial charge on any atom is 0.234 e. The van der Waals surface area contributed by atoms with Crippen LogP contribution in [0, 0.1) is 0 Å². The standard InChI is InChI=1S/C13H23N3O/c1-10(2)11-15-12(17-16-11)13(9-14)7-5-3-4-6-8-13/h10H,3-9,14H2,1-2H3. The van der Waals surface area contributed by atoms with E-state index in [0.29, 0.717) is 12.5 Å². The fraction of sp³-hybridized carbons (Fsp3) is 0.846. The van der Waals surface area contributed by atoms with Crippen molar-refractivity contribution in [3.63, 3.8) is 0 Å². The van der Waals surface area contributed by atoms with Gasteiger partial charge in [-0.25, -0.2) is 0 Å². The summed E-state index contributed by atoms with van der Waals surface area (Å²) in [5.74, 6) is 1.88. The van der Waals surface area contributed by atoms with E-state index >= 15 is 0 Å². The van der Waals surface area contributed by atoms with Crippen LogP contribution in [0.15, 0.2) is 4.52 Å². The minimum absolute atomic E-state index is 0.0589. The van der Waals surface area contributed by atoms with E-state index in [2.05, 4.69) is 24.0 Å². The summed E-state index contributed by atoms with van der Waals surface area (Å²) in [4.78, 5) is 4.56. The van der Waals surface area contributed by atoms with Gasteiger partial charge in [-0.1, -0.05) is 44.7 Å². The summed E-state index contributed by atoms with van der Waals surface area (Å²) in [6.45, 7) is 4.78. The van der Waals surface area contributed by atoms with E-state index in [1.807, 2.05) is 0 Å². The predicted octanol–water partition coefficient (Wildman–Crippen LogP) is 2.74. The molecule has 4 heteroatoms. The van der Waals surface area contributed by atoms with Gasteiger partial charge in [0.05, 0.1) is 5.41 Å². The fourth-order valence-corrected chi connectivity index (χ4v) is 2.60. The first-order chi connectivity index (χ1) is 8.18. The average molecular weight is 237 g/mol. The molecular formula is C13H23N3O. The summed E-state index contributed by atoms with van der Waals surface area (Å²) in [7, 11) is 0. The Morgan fingerprint density at radius 2 is 1.88 bits per heavy atom. The maximum absolute atomic E-state index is 6.00. The Labute approximate surface area is 103 Å². The minimum Gasteiger partial charge on any atom is -0.339 e. The first-order valence-electron chi connectivity index (χ1n) is 6.72. The van der Waals surface area contributed by atoms with Gasteiger partial charge < -0.3 is 10.3 Å². The van der Waals surface area contributed by atoms with E-state index in [1.54, 1.807) is 0 Å². The van der Waals surface area contributed by atoms with E-state index in [9.17, 15) is 0 Å². The Balaban J connectivity index is 2.25. The van der Waals surface area contributed by atoms with E-state index < -0.39 is 0 Å². The largest absolute Gasteiger partial charge is 0.339 e. The molecule has 0 unspecified atom stereocenters. The van der Waals surface area contributed by atoms with Crippen LogP contribution in [0.3, 0.4) is 0 Å². The van der Waals surface area contributed by atoms with Gasteiger partial charge in [0.2, 0.25) is 5.89 Å². The molecule has 96 valence electrons. The predicted molar refractivity (Wildman–Crippen MR) is 66.8 cm³/mol. The van der Waals surface area contributed by atoms with Crippen molar-refractivity contribution < 1.29 is 4.52 Å². The summed E-state index contributed by atoms with van der Waals surface area (Å²) in [5, 5.41) is 4.07. The first-order valence-corrected chi connectivity index (χ1v) is 6.72. The van der Waals surface area contributed by atoms with E-state index in [0.717, 1.165) is 24.6 Å². The fourth-order valence-electron chi connectivity index (χ4n) is 2.60. The Bertz CT molecular complexity index is 351. The van der Waals surface area contributed by atoms with Gasteiger partial charge in [-0.3, -0.25) is 0 Å². The second-order valence-corrected chi connectivity index (χ2v) is 5.51. The topological polar surface area (TPSA) is 64.9 Å². The molecule has 1 aliphatic rings. The lowest BCUT2D eigenvalue weighted by Crippen LogP contribution is -2.35. The number of rotatable bonds is 3. The van der Waals surface area contributed by atoms with Crippen LogP contribution in [0.1, 0.15) is 70.0 Å². The maximum atomic E-state index is 6.00.